The molecule has 1 aromatic heterocycles. The van der Waals surface area contributed by atoms with Crippen molar-refractivity contribution in [3.8, 4) is 5.69 Å². The lowest BCUT2D eigenvalue weighted by Gasteiger charge is -2.31. The van der Waals surface area contributed by atoms with Gasteiger partial charge in [-0.25, -0.2) is 4.79 Å². The van der Waals surface area contributed by atoms with Gasteiger partial charge < -0.3 is 14.8 Å². The van der Waals surface area contributed by atoms with Gasteiger partial charge in [-0.05, 0) is 52.9 Å². The van der Waals surface area contributed by atoms with Crippen molar-refractivity contribution in [3.63, 3.8) is 0 Å². The molecule has 2 amide bonds. The van der Waals surface area contributed by atoms with Gasteiger partial charge in [0.1, 0.15) is 0 Å². The van der Waals surface area contributed by atoms with E-state index in [1.807, 2.05) is 41.3 Å². The van der Waals surface area contributed by atoms with Crippen LogP contribution in [0, 0.1) is 0 Å². The van der Waals surface area contributed by atoms with Gasteiger partial charge in [0.05, 0.1) is 29.0 Å². The molecule has 0 unspecified atom stereocenters. The molecule has 5 heteroatoms. The first-order chi connectivity index (χ1) is 16.0. The number of fused-ring (bicyclic) bond motifs is 3. The summed E-state index contributed by atoms with van der Waals surface area (Å²) in [7, 11) is 0. The molecule has 0 fully saturated rings. The number of benzene rings is 3. The molecule has 1 aliphatic rings. The highest BCUT2D eigenvalue weighted by Crippen LogP contribution is 2.37. The van der Waals surface area contributed by atoms with Crippen molar-refractivity contribution in [2.24, 2.45) is 0 Å². The Morgan fingerprint density at radius 2 is 1.67 bits per heavy atom. The number of nitrogens with zero attached hydrogens (tertiary/aromatic N) is 2. The van der Waals surface area contributed by atoms with E-state index in [4.69, 9.17) is 11.6 Å². The molecule has 0 saturated carbocycles. The van der Waals surface area contributed by atoms with Crippen molar-refractivity contribution >= 4 is 23.3 Å². The molecule has 1 atom stereocenters. The molecular weight excluding hydrogens is 430 g/mol. The highest BCUT2D eigenvalue weighted by Gasteiger charge is 2.33. The van der Waals surface area contributed by atoms with Crippen LogP contribution in [0.25, 0.3) is 5.69 Å². The predicted octanol–water partition coefficient (Wildman–Crippen LogP) is 7.39. The standard InChI is InChI=1S/C28H26ClN3O/c1-19(2)20-13-15-21(16-14-20)27-26-12-7-17-31(26)25-11-6-3-8-22(25)18-32(27)28(33)30-24-10-5-4-9-23(24)29/h3-17,19,27H,18H2,1-2H3,(H,30,33)/t27-/m1/s1. The number of hydrogen-bond acceptors (Lipinski definition) is 1. The second-order valence-corrected chi connectivity index (χ2v) is 9.10. The van der Waals surface area contributed by atoms with Crippen LogP contribution >= 0.6 is 11.6 Å². The van der Waals surface area contributed by atoms with E-state index in [0.29, 0.717) is 23.2 Å². The van der Waals surface area contributed by atoms with Crippen LogP contribution in [0.5, 0.6) is 0 Å². The monoisotopic (exact) mass is 455 g/mol. The van der Waals surface area contributed by atoms with Gasteiger partial charge >= 0.3 is 6.03 Å². The summed E-state index contributed by atoms with van der Waals surface area (Å²) < 4.78 is 2.19. The summed E-state index contributed by atoms with van der Waals surface area (Å²) in [6.07, 6.45) is 2.07. The molecule has 33 heavy (non-hydrogen) atoms. The fourth-order valence-corrected chi connectivity index (χ4v) is 4.69. The van der Waals surface area contributed by atoms with Gasteiger partial charge in [-0.3, -0.25) is 0 Å². The van der Waals surface area contributed by atoms with Crippen molar-refractivity contribution in [2.75, 3.05) is 5.32 Å². The van der Waals surface area contributed by atoms with E-state index in [1.54, 1.807) is 6.07 Å². The Labute approximate surface area is 199 Å². The minimum absolute atomic E-state index is 0.189. The normalized spacial score (nSPS) is 15.0. The van der Waals surface area contributed by atoms with Gasteiger partial charge in [0.25, 0.3) is 0 Å². The van der Waals surface area contributed by atoms with Crippen LogP contribution in [-0.4, -0.2) is 15.5 Å². The molecule has 0 bridgehead atoms. The maximum absolute atomic E-state index is 13.7. The largest absolute Gasteiger partial charge is 0.323 e. The average Bonchev–Trinajstić information content (AvgIpc) is 3.25. The van der Waals surface area contributed by atoms with Gasteiger partial charge in [0.2, 0.25) is 0 Å². The van der Waals surface area contributed by atoms with Crippen LogP contribution in [-0.2, 0) is 6.54 Å². The molecule has 0 saturated heterocycles. The Morgan fingerprint density at radius 3 is 2.42 bits per heavy atom. The number of aromatic nitrogens is 1. The summed E-state index contributed by atoms with van der Waals surface area (Å²) in [5.41, 5.74) is 6.18. The highest BCUT2D eigenvalue weighted by atomic mass is 35.5. The first kappa shape index (κ1) is 21.4. The molecule has 3 aromatic carbocycles. The number of amides is 2. The molecule has 5 rings (SSSR count). The Kier molecular flexibility index (Phi) is 5.69. The first-order valence-corrected chi connectivity index (χ1v) is 11.6. The van der Waals surface area contributed by atoms with Gasteiger partial charge in [0, 0.05) is 11.9 Å². The number of rotatable bonds is 3. The molecule has 1 N–H and O–H groups in total. The summed E-state index contributed by atoms with van der Waals surface area (Å²) in [6, 6.07) is 27.9. The van der Waals surface area contributed by atoms with Gasteiger partial charge in [-0.1, -0.05) is 80.0 Å². The molecule has 0 radical (unpaired) electrons. The Morgan fingerprint density at radius 1 is 0.939 bits per heavy atom. The summed E-state index contributed by atoms with van der Waals surface area (Å²) in [5, 5.41) is 3.55. The summed E-state index contributed by atoms with van der Waals surface area (Å²) in [6.45, 7) is 4.85. The smallest absolute Gasteiger partial charge is 0.318 e. The fraction of sp³-hybridized carbons (Fsp3) is 0.179. The maximum atomic E-state index is 13.7. The van der Waals surface area contributed by atoms with E-state index >= 15 is 0 Å². The van der Waals surface area contributed by atoms with Crippen LogP contribution in [0.15, 0.2) is 91.1 Å². The lowest BCUT2D eigenvalue weighted by molar-refractivity contribution is 0.194. The molecule has 4 aromatic rings. The van der Waals surface area contributed by atoms with E-state index in [-0.39, 0.29) is 12.1 Å². The van der Waals surface area contributed by atoms with Crippen molar-refractivity contribution in [3.05, 3.63) is 119 Å². The van der Waals surface area contributed by atoms with E-state index < -0.39 is 0 Å². The number of urea groups is 1. The SMILES string of the molecule is CC(C)c1ccc([C@@H]2c3cccn3-c3ccccc3CN2C(=O)Nc2ccccc2Cl)cc1. The molecule has 4 nitrogen and oxygen atoms in total. The molecule has 0 spiro atoms. The van der Waals surface area contributed by atoms with Gasteiger partial charge in [-0.15, -0.1) is 0 Å². The predicted molar refractivity (Wildman–Crippen MR) is 134 cm³/mol. The second kappa shape index (κ2) is 8.80. The molecule has 2 heterocycles. The summed E-state index contributed by atoms with van der Waals surface area (Å²) >= 11 is 6.35. The number of anilines is 1. The van der Waals surface area contributed by atoms with Crippen LogP contribution in [0.1, 0.15) is 48.2 Å². The Hall–Kier alpha value is -3.50. The number of para-hydroxylation sites is 2. The van der Waals surface area contributed by atoms with Crippen LogP contribution in [0.2, 0.25) is 5.02 Å². The van der Waals surface area contributed by atoms with Crippen molar-refractivity contribution < 1.29 is 4.79 Å². The van der Waals surface area contributed by atoms with E-state index in [0.717, 1.165) is 22.5 Å². The lowest BCUT2D eigenvalue weighted by Crippen LogP contribution is -2.38. The zero-order valence-electron chi connectivity index (χ0n) is 18.7. The van der Waals surface area contributed by atoms with Gasteiger partial charge in [-0.2, -0.15) is 0 Å². The van der Waals surface area contributed by atoms with Gasteiger partial charge in [0.15, 0.2) is 0 Å². The summed E-state index contributed by atoms with van der Waals surface area (Å²) in [5.74, 6) is 0.445. The third-order valence-electron chi connectivity index (χ3n) is 6.26. The van der Waals surface area contributed by atoms with E-state index in [1.165, 1.54) is 5.56 Å². The van der Waals surface area contributed by atoms with E-state index in [9.17, 15) is 4.79 Å². The van der Waals surface area contributed by atoms with Crippen LogP contribution in [0.3, 0.4) is 0 Å². The zero-order valence-corrected chi connectivity index (χ0v) is 19.5. The Bertz CT molecular complexity index is 1290. The Balaban J connectivity index is 1.62. The number of carbonyl (C=O) groups excluding carboxylic acids is 1. The van der Waals surface area contributed by atoms with Crippen LogP contribution in [0.4, 0.5) is 10.5 Å². The lowest BCUT2D eigenvalue weighted by atomic mass is 9.97. The minimum atomic E-state index is -0.254. The average molecular weight is 456 g/mol. The third-order valence-corrected chi connectivity index (χ3v) is 6.59. The van der Waals surface area contributed by atoms with Crippen molar-refractivity contribution in [1.82, 2.24) is 9.47 Å². The number of hydrogen-bond donors (Lipinski definition) is 1. The fourth-order valence-electron chi connectivity index (χ4n) is 4.50. The highest BCUT2D eigenvalue weighted by molar-refractivity contribution is 6.33. The number of nitrogens with one attached hydrogen (secondary N) is 1. The number of carbonyl (C=O) groups is 1. The quantitative estimate of drug-likeness (QED) is 0.343. The minimum Gasteiger partial charge on any atom is -0.318 e. The van der Waals surface area contributed by atoms with Crippen LogP contribution < -0.4 is 5.32 Å². The molecule has 0 aliphatic carbocycles. The first-order valence-electron chi connectivity index (χ1n) is 11.2. The third kappa shape index (κ3) is 4.03. The molecule has 166 valence electrons. The topological polar surface area (TPSA) is 37.3 Å². The molecular formula is C28H26ClN3O. The van der Waals surface area contributed by atoms with Crippen molar-refractivity contribution in [1.29, 1.82) is 0 Å². The molecule has 1 aliphatic heterocycles. The summed E-state index contributed by atoms with van der Waals surface area (Å²) in [4.78, 5) is 15.6. The maximum Gasteiger partial charge on any atom is 0.323 e. The second-order valence-electron chi connectivity index (χ2n) is 8.69. The zero-order chi connectivity index (χ0) is 22.9. The van der Waals surface area contributed by atoms with Crippen molar-refractivity contribution in [2.45, 2.75) is 32.4 Å². The number of halogens is 1. The van der Waals surface area contributed by atoms with E-state index in [2.05, 4.69) is 72.4 Å².